The third-order valence-corrected chi connectivity index (χ3v) is 11.0. The molecular weight excluding hydrogens is 391 g/mol. The SMILES string of the molecule is CC1=Cc2ccccc2[CH]1[Ti][CH]1C(Pc2ccccc2C)=Cc2ccccc21. The maximum absolute atomic E-state index is 2.49. The van der Waals surface area contributed by atoms with Crippen LogP contribution in [0.1, 0.15) is 43.2 Å². The van der Waals surface area contributed by atoms with Gasteiger partial charge in [-0.15, -0.1) is 0 Å². The Morgan fingerprint density at radius 3 is 2.04 bits per heavy atom. The van der Waals surface area contributed by atoms with Crippen LogP contribution in [0.2, 0.25) is 0 Å². The Morgan fingerprint density at radius 1 is 0.679 bits per heavy atom. The zero-order chi connectivity index (χ0) is 19.1. The van der Waals surface area contributed by atoms with E-state index in [-0.39, 0.29) is 19.2 Å². The van der Waals surface area contributed by atoms with Crippen molar-refractivity contribution in [1.29, 1.82) is 0 Å². The van der Waals surface area contributed by atoms with Crippen molar-refractivity contribution in [2.45, 2.75) is 22.3 Å². The molecule has 0 saturated heterocycles. The molecule has 0 amide bonds. The van der Waals surface area contributed by atoms with E-state index in [1.165, 1.54) is 22.0 Å². The molecule has 3 aromatic rings. The van der Waals surface area contributed by atoms with Gasteiger partial charge in [-0.25, -0.2) is 0 Å². The van der Waals surface area contributed by atoms with Crippen molar-refractivity contribution in [3.05, 3.63) is 112 Å². The fourth-order valence-electron chi connectivity index (χ4n) is 4.35. The van der Waals surface area contributed by atoms with Crippen LogP contribution in [-0.4, -0.2) is 0 Å². The molecule has 0 aliphatic heterocycles. The first-order chi connectivity index (χ1) is 13.7. The minimum absolute atomic E-state index is 0.248. The standard InChI is InChI=1S/C16H14P.C10H9.Ti/c1-12-6-2-5-9-16(12)17-15-10-13-7-3-4-8-14(13)11-15;1-8-6-9-4-2-3-5-10(9)7-8;/h2-11,17H,1H3;2-7H,1H3;. The second kappa shape index (κ2) is 7.60. The third kappa shape index (κ3) is 3.29. The van der Waals surface area contributed by atoms with Crippen molar-refractivity contribution < 1.29 is 19.2 Å². The molecule has 0 bridgehead atoms. The number of aryl methyl sites for hydroxylation is 1. The first-order valence-electron chi connectivity index (χ1n) is 9.87. The van der Waals surface area contributed by atoms with Crippen LogP contribution in [0, 0.1) is 6.92 Å². The molecule has 3 aromatic carbocycles. The summed E-state index contributed by atoms with van der Waals surface area (Å²) in [6.45, 7) is 4.58. The first-order valence-corrected chi connectivity index (χ1v) is 12.7. The Morgan fingerprint density at radius 2 is 1.29 bits per heavy atom. The molecule has 136 valence electrons. The van der Waals surface area contributed by atoms with Gasteiger partial charge in [-0.2, -0.15) is 0 Å². The van der Waals surface area contributed by atoms with Crippen LogP contribution < -0.4 is 5.30 Å². The predicted octanol–water partition coefficient (Wildman–Crippen LogP) is 6.64. The van der Waals surface area contributed by atoms with E-state index in [4.69, 9.17) is 0 Å². The molecule has 0 N–H and O–H groups in total. The van der Waals surface area contributed by atoms with Crippen molar-refractivity contribution >= 4 is 26.0 Å². The molecule has 28 heavy (non-hydrogen) atoms. The van der Waals surface area contributed by atoms with E-state index in [1.54, 1.807) is 22.0 Å². The minimum atomic E-state index is -0.248. The molecule has 0 radical (unpaired) electrons. The normalized spacial score (nSPS) is 20.1. The quantitative estimate of drug-likeness (QED) is 0.332. The van der Waals surface area contributed by atoms with E-state index in [2.05, 4.69) is 98.8 Å². The number of hydrogen-bond donors (Lipinski definition) is 0. The fourth-order valence-corrected chi connectivity index (χ4v) is 9.18. The number of hydrogen-bond acceptors (Lipinski definition) is 0. The summed E-state index contributed by atoms with van der Waals surface area (Å²) < 4.78 is 1.28. The molecule has 3 atom stereocenters. The van der Waals surface area contributed by atoms with E-state index in [1.807, 2.05) is 0 Å². The Hall–Kier alpha value is -1.72. The van der Waals surface area contributed by atoms with E-state index >= 15 is 0 Å². The van der Waals surface area contributed by atoms with Crippen molar-refractivity contribution in [3.8, 4) is 0 Å². The second-order valence-electron chi connectivity index (χ2n) is 7.72. The van der Waals surface area contributed by atoms with Crippen LogP contribution in [0.25, 0.3) is 12.2 Å². The zero-order valence-electron chi connectivity index (χ0n) is 16.2. The molecule has 0 fully saturated rings. The molecule has 2 aliphatic carbocycles. The average Bonchev–Trinajstić information content (AvgIpc) is 3.21. The summed E-state index contributed by atoms with van der Waals surface area (Å²) in [4.78, 5) is 0. The van der Waals surface area contributed by atoms with Gasteiger partial charge in [0.15, 0.2) is 0 Å². The number of rotatable bonds is 4. The monoisotopic (exact) mass is 414 g/mol. The summed E-state index contributed by atoms with van der Waals surface area (Å²) in [5.74, 6) is 0. The van der Waals surface area contributed by atoms with Gasteiger partial charge in [0.1, 0.15) is 0 Å². The molecule has 2 heteroatoms. The van der Waals surface area contributed by atoms with Crippen LogP contribution in [-0.2, 0) is 19.2 Å². The van der Waals surface area contributed by atoms with E-state index in [0.29, 0.717) is 8.45 Å². The zero-order valence-corrected chi connectivity index (χ0v) is 18.8. The van der Waals surface area contributed by atoms with E-state index in [9.17, 15) is 0 Å². The Labute approximate surface area is 178 Å². The van der Waals surface area contributed by atoms with Crippen LogP contribution in [0.3, 0.4) is 0 Å². The van der Waals surface area contributed by atoms with Gasteiger partial charge in [0.25, 0.3) is 0 Å². The molecule has 3 unspecified atom stereocenters. The van der Waals surface area contributed by atoms with Gasteiger partial charge in [-0.1, -0.05) is 0 Å². The fraction of sp³-hybridized carbons (Fsp3) is 0.154. The number of benzene rings is 3. The van der Waals surface area contributed by atoms with Gasteiger partial charge in [-0.3, -0.25) is 0 Å². The number of allylic oxidation sites excluding steroid dienone is 2. The van der Waals surface area contributed by atoms with Crippen LogP contribution in [0.15, 0.2) is 83.7 Å². The molecule has 5 rings (SSSR count). The second-order valence-corrected chi connectivity index (χ2v) is 11.4. The molecule has 0 saturated carbocycles. The average molecular weight is 414 g/mol. The first kappa shape index (κ1) is 18.3. The van der Waals surface area contributed by atoms with Gasteiger partial charge in [0, 0.05) is 0 Å². The Kier molecular flexibility index (Phi) is 4.98. The van der Waals surface area contributed by atoms with Crippen molar-refractivity contribution in [2.24, 2.45) is 0 Å². The Bertz CT molecular complexity index is 1110. The van der Waals surface area contributed by atoms with Gasteiger partial charge in [0.05, 0.1) is 0 Å². The van der Waals surface area contributed by atoms with Crippen molar-refractivity contribution in [3.63, 3.8) is 0 Å². The number of fused-ring (bicyclic) bond motifs is 2. The van der Waals surface area contributed by atoms with Crippen LogP contribution >= 0.6 is 8.58 Å². The van der Waals surface area contributed by atoms with Gasteiger partial charge >= 0.3 is 179 Å². The summed E-state index contributed by atoms with van der Waals surface area (Å²) in [5, 5.41) is 3.14. The summed E-state index contributed by atoms with van der Waals surface area (Å²) in [7, 11) is 0.774. The maximum atomic E-state index is 2.49. The molecule has 0 heterocycles. The molecular formula is C26H23PTi. The summed E-state index contributed by atoms with van der Waals surface area (Å²) in [5.41, 5.74) is 8.98. The van der Waals surface area contributed by atoms with Crippen LogP contribution in [0.5, 0.6) is 0 Å². The summed E-state index contributed by atoms with van der Waals surface area (Å²) >= 11 is -0.248. The molecule has 2 aliphatic rings. The van der Waals surface area contributed by atoms with Gasteiger partial charge in [-0.05, 0) is 0 Å². The Balaban J connectivity index is 1.50. The molecule has 0 nitrogen and oxygen atoms in total. The summed E-state index contributed by atoms with van der Waals surface area (Å²) in [6.07, 6.45) is 4.91. The van der Waals surface area contributed by atoms with Gasteiger partial charge in [0.2, 0.25) is 0 Å². The van der Waals surface area contributed by atoms with Crippen molar-refractivity contribution in [2.75, 3.05) is 0 Å². The third-order valence-electron chi connectivity index (χ3n) is 5.83. The van der Waals surface area contributed by atoms with Crippen LogP contribution in [0.4, 0.5) is 0 Å². The van der Waals surface area contributed by atoms with Gasteiger partial charge < -0.3 is 0 Å². The molecule has 0 spiro atoms. The summed E-state index contributed by atoms with van der Waals surface area (Å²) in [6, 6.07) is 27.0. The predicted molar refractivity (Wildman–Crippen MR) is 119 cm³/mol. The van der Waals surface area contributed by atoms with E-state index in [0.717, 1.165) is 8.58 Å². The topological polar surface area (TPSA) is 0 Å². The molecule has 0 aromatic heterocycles. The van der Waals surface area contributed by atoms with Crippen molar-refractivity contribution in [1.82, 2.24) is 0 Å². The van der Waals surface area contributed by atoms with E-state index < -0.39 is 0 Å².